The third-order valence-corrected chi connectivity index (χ3v) is 7.09. The number of halogens is 4. The zero-order chi connectivity index (χ0) is 30.5. The standard InChI is InChI=1S/C34H38F4O4/c1-3-5-7-9-11-13-23-15-19-25(20-16-23)33(39)41-31-27(35)29(37)32(30(38)28(31)36)42-34(40)26-21-17-24(18-22-26)14-12-10-8-6-4-2/h15-22H,3-14H2,1-2H3. The monoisotopic (exact) mass is 586 g/mol. The smallest absolute Gasteiger partial charge is 0.343 e. The summed E-state index contributed by atoms with van der Waals surface area (Å²) in [6.45, 7) is 4.27. The van der Waals surface area contributed by atoms with Crippen molar-refractivity contribution in [3.63, 3.8) is 0 Å². The van der Waals surface area contributed by atoms with Crippen LogP contribution in [-0.2, 0) is 12.8 Å². The van der Waals surface area contributed by atoms with Crippen LogP contribution < -0.4 is 9.47 Å². The number of hydrogen-bond donors (Lipinski definition) is 0. The van der Waals surface area contributed by atoms with Crippen molar-refractivity contribution in [2.45, 2.75) is 90.9 Å². The molecular weight excluding hydrogens is 548 g/mol. The van der Waals surface area contributed by atoms with E-state index in [9.17, 15) is 27.2 Å². The Bertz CT molecular complexity index is 1190. The van der Waals surface area contributed by atoms with Crippen molar-refractivity contribution in [1.29, 1.82) is 0 Å². The average Bonchev–Trinajstić information content (AvgIpc) is 3.00. The molecule has 0 aromatic heterocycles. The Hall–Kier alpha value is -3.68. The first kappa shape index (κ1) is 32.8. The lowest BCUT2D eigenvalue weighted by Crippen LogP contribution is -2.16. The van der Waals surface area contributed by atoms with E-state index in [1.807, 2.05) is 0 Å². The van der Waals surface area contributed by atoms with Crippen molar-refractivity contribution in [1.82, 2.24) is 0 Å². The number of hydrogen-bond acceptors (Lipinski definition) is 4. The van der Waals surface area contributed by atoms with Crippen molar-refractivity contribution in [3.8, 4) is 11.5 Å². The van der Waals surface area contributed by atoms with E-state index in [-0.39, 0.29) is 11.1 Å². The number of benzene rings is 3. The SMILES string of the molecule is CCCCCCCc1ccc(C(=O)Oc2c(F)c(F)c(OC(=O)c3ccc(CCCCCCC)cc3)c(F)c2F)cc1. The van der Waals surface area contributed by atoms with Gasteiger partial charge in [0.25, 0.3) is 0 Å². The first-order chi connectivity index (χ1) is 20.3. The summed E-state index contributed by atoms with van der Waals surface area (Å²) in [5.74, 6) is -13.5. The summed E-state index contributed by atoms with van der Waals surface area (Å²) in [6.07, 6.45) is 12.7. The van der Waals surface area contributed by atoms with Crippen molar-refractivity contribution < 1.29 is 36.6 Å². The predicted molar refractivity (Wildman–Crippen MR) is 154 cm³/mol. The van der Waals surface area contributed by atoms with E-state index < -0.39 is 46.7 Å². The fourth-order valence-electron chi connectivity index (χ4n) is 4.55. The Labute approximate surface area is 245 Å². The van der Waals surface area contributed by atoms with E-state index in [4.69, 9.17) is 9.47 Å². The summed E-state index contributed by atoms with van der Waals surface area (Å²) in [4.78, 5) is 25.0. The molecule has 42 heavy (non-hydrogen) atoms. The zero-order valence-electron chi connectivity index (χ0n) is 24.2. The Kier molecular flexibility index (Phi) is 13.0. The second-order valence-corrected chi connectivity index (χ2v) is 10.4. The summed E-state index contributed by atoms with van der Waals surface area (Å²) in [6, 6.07) is 12.4. The molecule has 0 saturated carbocycles. The number of rotatable bonds is 16. The molecule has 0 spiro atoms. The third kappa shape index (κ3) is 9.16. The van der Waals surface area contributed by atoms with Gasteiger partial charge in [0.2, 0.25) is 34.8 Å². The Morgan fingerprint density at radius 3 is 1.12 bits per heavy atom. The summed E-state index contributed by atoms with van der Waals surface area (Å²) in [5.41, 5.74) is 1.84. The van der Waals surface area contributed by atoms with Gasteiger partial charge < -0.3 is 9.47 Å². The van der Waals surface area contributed by atoms with E-state index in [0.29, 0.717) is 0 Å². The third-order valence-electron chi connectivity index (χ3n) is 7.09. The lowest BCUT2D eigenvalue weighted by Gasteiger charge is -2.12. The average molecular weight is 587 g/mol. The number of carbonyl (C=O) groups is 2. The Balaban J connectivity index is 1.64. The van der Waals surface area contributed by atoms with Gasteiger partial charge in [-0.2, -0.15) is 17.6 Å². The summed E-state index contributed by atoms with van der Waals surface area (Å²) >= 11 is 0. The summed E-state index contributed by atoms with van der Waals surface area (Å²) in [7, 11) is 0. The van der Waals surface area contributed by atoms with Gasteiger partial charge in [-0.15, -0.1) is 0 Å². The molecule has 0 radical (unpaired) electrons. The fourth-order valence-corrected chi connectivity index (χ4v) is 4.55. The molecule has 3 aromatic rings. The lowest BCUT2D eigenvalue weighted by molar-refractivity contribution is 0.0691. The van der Waals surface area contributed by atoms with Crippen molar-refractivity contribution >= 4 is 11.9 Å². The minimum atomic E-state index is -1.99. The van der Waals surface area contributed by atoms with Crippen LogP contribution >= 0.6 is 0 Å². The highest BCUT2D eigenvalue weighted by Crippen LogP contribution is 2.35. The highest BCUT2D eigenvalue weighted by atomic mass is 19.2. The highest BCUT2D eigenvalue weighted by molar-refractivity contribution is 5.92. The number of unbranched alkanes of at least 4 members (excludes halogenated alkanes) is 8. The van der Waals surface area contributed by atoms with E-state index in [0.717, 1.165) is 75.3 Å². The molecule has 0 saturated heterocycles. The van der Waals surface area contributed by atoms with Gasteiger partial charge in [0, 0.05) is 0 Å². The molecule has 0 aliphatic carbocycles. The molecule has 0 unspecified atom stereocenters. The Morgan fingerprint density at radius 2 is 0.810 bits per heavy atom. The molecule has 0 heterocycles. The van der Waals surface area contributed by atoms with Crippen LogP contribution in [-0.4, -0.2) is 11.9 Å². The molecular formula is C34H38F4O4. The molecule has 0 aliphatic heterocycles. The van der Waals surface area contributed by atoms with E-state index in [2.05, 4.69) is 13.8 Å². The number of esters is 2. The second-order valence-electron chi connectivity index (χ2n) is 10.4. The van der Waals surface area contributed by atoms with E-state index >= 15 is 0 Å². The van der Waals surface area contributed by atoms with Gasteiger partial charge in [-0.3, -0.25) is 0 Å². The molecule has 0 bridgehead atoms. The van der Waals surface area contributed by atoms with Crippen LogP contribution in [0.25, 0.3) is 0 Å². The summed E-state index contributed by atoms with van der Waals surface area (Å²) in [5, 5.41) is 0. The van der Waals surface area contributed by atoms with Crippen LogP contribution in [0.5, 0.6) is 11.5 Å². The quantitative estimate of drug-likeness (QED) is 0.0551. The maximum Gasteiger partial charge on any atom is 0.343 e. The van der Waals surface area contributed by atoms with E-state index in [1.165, 1.54) is 37.1 Å². The highest BCUT2D eigenvalue weighted by Gasteiger charge is 2.31. The molecule has 0 aliphatic rings. The van der Waals surface area contributed by atoms with Crippen LogP contribution in [0.15, 0.2) is 48.5 Å². The molecule has 3 aromatic carbocycles. The largest absolute Gasteiger partial charge is 0.416 e. The maximum absolute atomic E-state index is 14.7. The first-order valence-corrected chi connectivity index (χ1v) is 14.7. The molecule has 0 atom stereocenters. The van der Waals surface area contributed by atoms with Crippen LogP contribution in [0, 0.1) is 23.3 Å². The van der Waals surface area contributed by atoms with Crippen molar-refractivity contribution in [2.24, 2.45) is 0 Å². The first-order valence-electron chi connectivity index (χ1n) is 14.7. The molecule has 0 N–H and O–H groups in total. The predicted octanol–water partition coefficient (Wildman–Crippen LogP) is 9.71. The fraction of sp³-hybridized carbons (Fsp3) is 0.412. The number of aryl methyl sites for hydroxylation is 2. The van der Waals surface area contributed by atoms with Crippen LogP contribution in [0.3, 0.4) is 0 Å². The molecule has 3 rings (SSSR count). The van der Waals surface area contributed by atoms with Gasteiger partial charge in [-0.05, 0) is 61.1 Å². The molecule has 4 nitrogen and oxygen atoms in total. The Morgan fingerprint density at radius 1 is 0.500 bits per heavy atom. The molecule has 226 valence electrons. The summed E-state index contributed by atoms with van der Waals surface area (Å²) < 4.78 is 68.3. The van der Waals surface area contributed by atoms with Crippen LogP contribution in [0.1, 0.15) is 110 Å². The van der Waals surface area contributed by atoms with Crippen LogP contribution in [0.4, 0.5) is 17.6 Å². The van der Waals surface area contributed by atoms with E-state index in [1.54, 1.807) is 24.3 Å². The van der Waals surface area contributed by atoms with Gasteiger partial charge in [0.15, 0.2) is 0 Å². The van der Waals surface area contributed by atoms with Crippen molar-refractivity contribution in [2.75, 3.05) is 0 Å². The molecule has 0 amide bonds. The van der Waals surface area contributed by atoms with Gasteiger partial charge in [-0.25, -0.2) is 9.59 Å². The second kappa shape index (κ2) is 16.7. The van der Waals surface area contributed by atoms with Gasteiger partial charge in [0.1, 0.15) is 0 Å². The number of ether oxygens (including phenoxy) is 2. The topological polar surface area (TPSA) is 52.6 Å². The van der Waals surface area contributed by atoms with Gasteiger partial charge in [-0.1, -0.05) is 89.5 Å². The molecule has 8 heteroatoms. The normalized spacial score (nSPS) is 11.0. The van der Waals surface area contributed by atoms with Gasteiger partial charge >= 0.3 is 11.9 Å². The van der Waals surface area contributed by atoms with Gasteiger partial charge in [0.05, 0.1) is 11.1 Å². The lowest BCUT2D eigenvalue weighted by atomic mass is 10.0. The minimum Gasteiger partial charge on any atom is -0.416 e. The maximum atomic E-state index is 14.7. The number of carbonyl (C=O) groups excluding carboxylic acids is 2. The minimum absolute atomic E-state index is 0.0516. The zero-order valence-corrected chi connectivity index (χ0v) is 24.2. The van der Waals surface area contributed by atoms with Crippen LogP contribution in [0.2, 0.25) is 0 Å². The molecule has 0 fully saturated rings. The van der Waals surface area contributed by atoms with Crippen molar-refractivity contribution in [3.05, 3.63) is 94.1 Å².